The Labute approximate surface area is 147 Å². The van der Waals surface area contributed by atoms with Crippen LogP contribution in [0.3, 0.4) is 0 Å². The van der Waals surface area contributed by atoms with Crippen molar-refractivity contribution in [3.63, 3.8) is 0 Å². The second-order valence-corrected chi connectivity index (χ2v) is 6.91. The van der Waals surface area contributed by atoms with Gasteiger partial charge in [-0.25, -0.2) is 4.79 Å². The van der Waals surface area contributed by atoms with Crippen molar-refractivity contribution in [1.82, 2.24) is 10.6 Å². The van der Waals surface area contributed by atoms with Crippen molar-refractivity contribution >= 4 is 18.0 Å². The first kappa shape index (κ1) is 18.8. The Kier molecular flexibility index (Phi) is 6.01. The molecule has 0 saturated carbocycles. The number of rotatable bonds is 5. The predicted molar refractivity (Wildman–Crippen MR) is 90.5 cm³/mol. The molecule has 136 valence electrons. The second-order valence-electron chi connectivity index (χ2n) is 6.91. The summed E-state index contributed by atoms with van der Waals surface area (Å²) in [4.78, 5) is 34.7. The molecular weight excluding hydrogens is 324 g/mol. The number of hydrogen-bond donors (Lipinski definition) is 2. The molecule has 25 heavy (non-hydrogen) atoms. The average Bonchev–Trinajstić information content (AvgIpc) is 2.96. The lowest BCUT2D eigenvalue weighted by molar-refractivity contribution is -0.148. The minimum Gasteiger partial charge on any atom is -0.452 e. The summed E-state index contributed by atoms with van der Waals surface area (Å²) in [5.74, 6) is -0.626. The quantitative estimate of drug-likeness (QED) is 0.794. The predicted octanol–water partition coefficient (Wildman–Crippen LogP) is 2.03. The van der Waals surface area contributed by atoms with E-state index in [-0.39, 0.29) is 18.3 Å². The van der Waals surface area contributed by atoms with Crippen molar-refractivity contribution in [3.8, 4) is 0 Å². The molecule has 0 radical (unpaired) electrons. The van der Waals surface area contributed by atoms with Gasteiger partial charge in [-0.2, -0.15) is 0 Å². The van der Waals surface area contributed by atoms with Gasteiger partial charge in [-0.1, -0.05) is 24.3 Å². The average molecular weight is 348 g/mol. The van der Waals surface area contributed by atoms with Crippen LogP contribution in [0.4, 0.5) is 4.79 Å². The first-order valence-electron chi connectivity index (χ1n) is 8.25. The summed E-state index contributed by atoms with van der Waals surface area (Å²) in [5, 5.41) is 5.45. The van der Waals surface area contributed by atoms with Gasteiger partial charge in [0.2, 0.25) is 0 Å². The number of hydrogen-bond acceptors (Lipinski definition) is 5. The molecule has 1 aliphatic heterocycles. The molecule has 1 heterocycles. The lowest BCUT2D eigenvalue weighted by Gasteiger charge is -2.19. The lowest BCUT2D eigenvalue weighted by Crippen LogP contribution is -2.34. The number of nitrogens with one attached hydrogen (secondary N) is 2. The molecule has 0 aliphatic carbocycles. The van der Waals surface area contributed by atoms with E-state index in [9.17, 15) is 14.4 Å². The van der Waals surface area contributed by atoms with Gasteiger partial charge >= 0.3 is 12.1 Å². The fourth-order valence-electron chi connectivity index (χ4n) is 2.35. The summed E-state index contributed by atoms with van der Waals surface area (Å²) in [6.07, 6.45) is -0.465. The zero-order chi connectivity index (χ0) is 18.4. The molecule has 7 heteroatoms. The molecule has 2 rings (SSSR count). The van der Waals surface area contributed by atoms with E-state index >= 15 is 0 Å². The van der Waals surface area contributed by atoms with Crippen LogP contribution in [0.5, 0.6) is 0 Å². The fraction of sp³-hybridized carbons (Fsp3) is 0.500. The van der Waals surface area contributed by atoms with Crippen molar-refractivity contribution in [2.75, 3.05) is 0 Å². The summed E-state index contributed by atoms with van der Waals surface area (Å²) in [6, 6.07) is 7.49. The molecule has 7 nitrogen and oxygen atoms in total. The van der Waals surface area contributed by atoms with Crippen molar-refractivity contribution in [2.45, 2.75) is 58.4 Å². The van der Waals surface area contributed by atoms with E-state index in [4.69, 9.17) is 9.47 Å². The molecule has 1 saturated heterocycles. The number of carbonyl (C=O) groups excluding carboxylic acids is 3. The first-order chi connectivity index (χ1) is 11.7. The van der Waals surface area contributed by atoms with E-state index < -0.39 is 17.8 Å². The number of cyclic esters (lactones) is 1. The van der Waals surface area contributed by atoms with Crippen molar-refractivity contribution in [3.05, 3.63) is 35.4 Å². The molecule has 1 fully saturated rings. The summed E-state index contributed by atoms with van der Waals surface area (Å²) < 4.78 is 10.1. The monoisotopic (exact) mass is 348 g/mol. The molecule has 1 atom stereocenters. The number of amides is 2. The third-order valence-corrected chi connectivity index (χ3v) is 3.47. The van der Waals surface area contributed by atoms with Crippen molar-refractivity contribution < 1.29 is 23.9 Å². The summed E-state index contributed by atoms with van der Waals surface area (Å²) in [5.41, 5.74) is 1.24. The maximum Gasteiger partial charge on any atom is 0.407 e. The highest BCUT2D eigenvalue weighted by molar-refractivity contribution is 5.86. The van der Waals surface area contributed by atoms with Gasteiger partial charge in [-0.05, 0) is 31.9 Å². The highest BCUT2D eigenvalue weighted by atomic mass is 16.6. The van der Waals surface area contributed by atoms with Gasteiger partial charge in [0.15, 0.2) is 6.10 Å². The standard InChI is InChI=1S/C18H24N2O5/c1-18(2,3)25-17(23)20-11-13-6-4-5-12(9-13)10-19-16(22)14-7-8-15(21)24-14/h4-6,9,14H,7-8,10-11H2,1-3H3,(H,19,22)(H,20,23)/t14-/m1/s1. The molecule has 2 amide bonds. The first-order valence-corrected chi connectivity index (χ1v) is 8.25. The van der Waals surface area contributed by atoms with Gasteiger partial charge in [0.05, 0.1) is 0 Å². The molecule has 2 N–H and O–H groups in total. The van der Waals surface area contributed by atoms with E-state index in [1.807, 2.05) is 24.3 Å². The lowest BCUT2D eigenvalue weighted by atomic mass is 10.1. The minimum absolute atomic E-state index is 0.282. The summed E-state index contributed by atoms with van der Waals surface area (Å²) >= 11 is 0. The van der Waals surface area contributed by atoms with Gasteiger partial charge in [-0.3, -0.25) is 9.59 Å². The van der Waals surface area contributed by atoms with Crippen molar-refractivity contribution in [1.29, 1.82) is 0 Å². The van der Waals surface area contributed by atoms with Crippen molar-refractivity contribution in [2.24, 2.45) is 0 Å². The van der Waals surface area contributed by atoms with E-state index in [2.05, 4.69) is 10.6 Å². The van der Waals surface area contributed by atoms with Gasteiger partial charge in [-0.15, -0.1) is 0 Å². The zero-order valence-electron chi connectivity index (χ0n) is 14.8. The Balaban J connectivity index is 1.81. The van der Waals surface area contributed by atoms with Crippen LogP contribution >= 0.6 is 0 Å². The van der Waals surface area contributed by atoms with Crippen LogP contribution in [0.15, 0.2) is 24.3 Å². The van der Waals surface area contributed by atoms with Crippen LogP contribution in [-0.2, 0) is 32.2 Å². The van der Waals surface area contributed by atoms with Crippen LogP contribution in [-0.4, -0.2) is 29.7 Å². The third kappa shape index (κ3) is 6.45. The Morgan fingerprint density at radius 1 is 1.20 bits per heavy atom. The Bertz CT molecular complexity index is 651. The number of benzene rings is 1. The molecule has 0 aromatic heterocycles. The van der Waals surface area contributed by atoms with E-state index in [0.29, 0.717) is 19.5 Å². The smallest absolute Gasteiger partial charge is 0.407 e. The molecule has 0 unspecified atom stereocenters. The Hall–Kier alpha value is -2.57. The summed E-state index contributed by atoms with van der Waals surface area (Å²) in [7, 11) is 0. The van der Waals surface area contributed by atoms with Gasteiger partial charge in [0, 0.05) is 25.9 Å². The van der Waals surface area contributed by atoms with Crippen LogP contribution < -0.4 is 10.6 Å². The zero-order valence-corrected chi connectivity index (χ0v) is 14.8. The number of esters is 1. The van der Waals surface area contributed by atoms with Gasteiger partial charge in [0.25, 0.3) is 5.91 Å². The number of alkyl carbamates (subject to hydrolysis) is 1. The molecule has 0 bridgehead atoms. The minimum atomic E-state index is -0.690. The van der Waals surface area contributed by atoms with E-state index in [1.54, 1.807) is 20.8 Å². The molecule has 1 aliphatic rings. The van der Waals surface area contributed by atoms with Crippen LogP contribution in [0.2, 0.25) is 0 Å². The van der Waals surface area contributed by atoms with E-state index in [1.165, 1.54) is 0 Å². The normalized spacial score (nSPS) is 16.9. The Morgan fingerprint density at radius 3 is 2.40 bits per heavy atom. The highest BCUT2D eigenvalue weighted by Gasteiger charge is 2.29. The van der Waals surface area contributed by atoms with E-state index in [0.717, 1.165) is 11.1 Å². The fourth-order valence-corrected chi connectivity index (χ4v) is 2.35. The molecule has 1 aromatic rings. The van der Waals surface area contributed by atoms with Gasteiger partial charge < -0.3 is 20.1 Å². The molecule has 1 aromatic carbocycles. The molecular formula is C18H24N2O5. The maximum absolute atomic E-state index is 11.9. The maximum atomic E-state index is 11.9. The summed E-state index contributed by atoms with van der Waals surface area (Å²) in [6.45, 7) is 6.07. The topological polar surface area (TPSA) is 93.7 Å². The van der Waals surface area contributed by atoms with Crippen LogP contribution in [0.25, 0.3) is 0 Å². The van der Waals surface area contributed by atoms with Crippen LogP contribution in [0.1, 0.15) is 44.7 Å². The number of carbonyl (C=O) groups is 3. The number of ether oxygens (including phenoxy) is 2. The van der Waals surface area contributed by atoms with Crippen LogP contribution in [0, 0.1) is 0 Å². The van der Waals surface area contributed by atoms with Gasteiger partial charge in [0.1, 0.15) is 5.60 Å². The highest BCUT2D eigenvalue weighted by Crippen LogP contribution is 2.14. The largest absolute Gasteiger partial charge is 0.452 e. The SMILES string of the molecule is CC(C)(C)OC(=O)NCc1cccc(CNC(=O)[C@H]2CCC(=O)O2)c1. The Morgan fingerprint density at radius 2 is 1.84 bits per heavy atom. The third-order valence-electron chi connectivity index (χ3n) is 3.47. The molecule has 0 spiro atoms. The second kappa shape index (κ2) is 8.00.